The van der Waals surface area contributed by atoms with Crippen molar-refractivity contribution in [1.29, 1.82) is 0 Å². The second-order valence-corrected chi connectivity index (χ2v) is 3.33. The third kappa shape index (κ3) is 3.15. The lowest BCUT2D eigenvalue weighted by Crippen LogP contribution is -2.40. The Kier molecular flexibility index (Phi) is 4.00. The molecule has 0 aliphatic rings. The fourth-order valence-electron chi connectivity index (χ4n) is 1.12. The van der Waals surface area contributed by atoms with E-state index in [9.17, 15) is 14.0 Å². The van der Waals surface area contributed by atoms with E-state index < -0.39 is 23.7 Å². The molecule has 0 aliphatic carbocycles. The van der Waals surface area contributed by atoms with E-state index in [2.05, 4.69) is 5.32 Å². The van der Waals surface area contributed by atoms with E-state index in [1.54, 1.807) is 0 Å². The van der Waals surface area contributed by atoms with Gasteiger partial charge in [-0.15, -0.1) is 0 Å². The SMILES string of the molecule is NC(=O)C(O)CNC(=O)c1cccc(F)c1N. The number of hydrogen-bond donors (Lipinski definition) is 4. The van der Waals surface area contributed by atoms with Crippen molar-refractivity contribution in [2.24, 2.45) is 5.73 Å². The first-order valence-electron chi connectivity index (χ1n) is 4.73. The van der Waals surface area contributed by atoms with Gasteiger partial charge in [-0.2, -0.15) is 0 Å². The Labute approximate surface area is 96.4 Å². The summed E-state index contributed by atoms with van der Waals surface area (Å²) in [5.74, 6) is -2.37. The number of aliphatic hydroxyl groups excluding tert-OH is 1. The number of carbonyl (C=O) groups excluding carboxylic acids is 2. The van der Waals surface area contributed by atoms with Crippen molar-refractivity contribution >= 4 is 17.5 Å². The van der Waals surface area contributed by atoms with E-state index in [1.807, 2.05) is 0 Å². The molecule has 1 rings (SSSR count). The van der Waals surface area contributed by atoms with Crippen LogP contribution < -0.4 is 16.8 Å². The Hall–Kier alpha value is -2.15. The van der Waals surface area contributed by atoms with Crippen LogP contribution in [0.4, 0.5) is 10.1 Å². The van der Waals surface area contributed by atoms with Gasteiger partial charge < -0.3 is 21.9 Å². The van der Waals surface area contributed by atoms with Crippen LogP contribution in [0.1, 0.15) is 10.4 Å². The van der Waals surface area contributed by atoms with Crippen LogP contribution in [0.25, 0.3) is 0 Å². The van der Waals surface area contributed by atoms with E-state index in [0.29, 0.717) is 0 Å². The van der Waals surface area contributed by atoms with Gasteiger partial charge in [0.2, 0.25) is 5.91 Å². The van der Waals surface area contributed by atoms with Gasteiger partial charge in [-0.05, 0) is 12.1 Å². The minimum atomic E-state index is -1.49. The van der Waals surface area contributed by atoms with Gasteiger partial charge in [-0.25, -0.2) is 4.39 Å². The number of rotatable bonds is 4. The van der Waals surface area contributed by atoms with E-state index in [1.165, 1.54) is 12.1 Å². The first-order chi connectivity index (χ1) is 7.93. The van der Waals surface area contributed by atoms with Crippen LogP contribution in [0.15, 0.2) is 18.2 Å². The van der Waals surface area contributed by atoms with Crippen LogP contribution in [0, 0.1) is 5.82 Å². The zero-order valence-electron chi connectivity index (χ0n) is 8.81. The molecule has 7 heteroatoms. The molecule has 1 aromatic rings. The summed E-state index contributed by atoms with van der Waals surface area (Å²) in [6.45, 7) is -0.357. The van der Waals surface area contributed by atoms with Crippen molar-refractivity contribution in [3.63, 3.8) is 0 Å². The first kappa shape index (κ1) is 12.9. The molecular weight excluding hydrogens is 229 g/mol. The summed E-state index contributed by atoms with van der Waals surface area (Å²) in [6, 6.07) is 3.76. The van der Waals surface area contributed by atoms with E-state index in [0.717, 1.165) is 6.07 Å². The second kappa shape index (κ2) is 5.26. The molecule has 0 spiro atoms. The van der Waals surface area contributed by atoms with Crippen LogP contribution in [0.5, 0.6) is 0 Å². The standard InChI is InChI=1S/C10H12FN3O3/c11-6-3-1-2-5(8(6)12)10(17)14-4-7(15)9(13)16/h1-3,7,15H,4,12H2,(H2,13,16)(H,14,17). The molecule has 92 valence electrons. The van der Waals surface area contributed by atoms with Gasteiger partial charge in [0.05, 0.1) is 17.8 Å². The van der Waals surface area contributed by atoms with Crippen molar-refractivity contribution in [2.45, 2.75) is 6.10 Å². The molecule has 1 atom stereocenters. The van der Waals surface area contributed by atoms with Crippen molar-refractivity contribution < 1.29 is 19.1 Å². The van der Waals surface area contributed by atoms with Gasteiger partial charge >= 0.3 is 0 Å². The first-order valence-corrected chi connectivity index (χ1v) is 4.73. The minimum absolute atomic E-state index is 0.0679. The number of para-hydroxylation sites is 1. The smallest absolute Gasteiger partial charge is 0.253 e. The van der Waals surface area contributed by atoms with E-state index >= 15 is 0 Å². The summed E-state index contributed by atoms with van der Waals surface area (Å²) < 4.78 is 13.0. The molecular formula is C10H12FN3O3. The van der Waals surface area contributed by atoms with Crippen LogP contribution in [0.2, 0.25) is 0 Å². The van der Waals surface area contributed by atoms with Gasteiger partial charge in [0.25, 0.3) is 5.91 Å². The number of halogens is 1. The summed E-state index contributed by atoms with van der Waals surface area (Å²) in [5.41, 5.74) is 9.79. The second-order valence-electron chi connectivity index (χ2n) is 3.33. The summed E-state index contributed by atoms with van der Waals surface area (Å²) in [4.78, 5) is 22.0. The normalized spacial score (nSPS) is 11.9. The molecule has 2 amide bonds. The topological polar surface area (TPSA) is 118 Å². The monoisotopic (exact) mass is 241 g/mol. The van der Waals surface area contributed by atoms with Gasteiger partial charge in [0, 0.05) is 0 Å². The maximum Gasteiger partial charge on any atom is 0.253 e. The van der Waals surface area contributed by atoms with Crippen LogP contribution in [0.3, 0.4) is 0 Å². The molecule has 0 saturated heterocycles. The molecule has 0 aromatic heterocycles. The van der Waals surface area contributed by atoms with Gasteiger partial charge in [-0.3, -0.25) is 9.59 Å². The Morgan fingerprint density at radius 3 is 2.71 bits per heavy atom. The van der Waals surface area contributed by atoms with Crippen molar-refractivity contribution in [1.82, 2.24) is 5.32 Å². The number of anilines is 1. The number of nitrogens with one attached hydrogen (secondary N) is 1. The fraction of sp³-hybridized carbons (Fsp3) is 0.200. The number of amides is 2. The Balaban J connectivity index is 2.71. The molecule has 0 aliphatic heterocycles. The molecule has 6 nitrogen and oxygen atoms in total. The highest BCUT2D eigenvalue weighted by Gasteiger charge is 2.15. The maximum atomic E-state index is 13.0. The molecule has 0 heterocycles. The highest BCUT2D eigenvalue weighted by atomic mass is 19.1. The summed E-state index contributed by atoms with van der Waals surface area (Å²) in [5, 5.41) is 11.3. The summed E-state index contributed by atoms with van der Waals surface area (Å²) in [7, 11) is 0. The minimum Gasteiger partial charge on any atom is -0.396 e. The molecule has 0 fully saturated rings. The number of carbonyl (C=O) groups is 2. The largest absolute Gasteiger partial charge is 0.396 e. The molecule has 6 N–H and O–H groups in total. The lowest BCUT2D eigenvalue weighted by molar-refractivity contribution is -0.125. The van der Waals surface area contributed by atoms with Gasteiger partial charge in [-0.1, -0.05) is 6.07 Å². The zero-order valence-corrected chi connectivity index (χ0v) is 8.81. The predicted octanol–water partition coefficient (Wildman–Crippen LogP) is -1.02. The number of benzene rings is 1. The quantitative estimate of drug-likeness (QED) is 0.505. The Morgan fingerprint density at radius 1 is 1.47 bits per heavy atom. The van der Waals surface area contributed by atoms with Crippen LogP contribution in [-0.2, 0) is 4.79 Å². The number of nitrogens with two attached hydrogens (primary N) is 2. The van der Waals surface area contributed by atoms with Gasteiger partial charge in [0.1, 0.15) is 11.9 Å². The summed E-state index contributed by atoms with van der Waals surface area (Å²) in [6.07, 6.45) is -1.49. The molecule has 0 saturated carbocycles. The van der Waals surface area contributed by atoms with Crippen LogP contribution >= 0.6 is 0 Å². The molecule has 0 bridgehead atoms. The number of hydrogen-bond acceptors (Lipinski definition) is 4. The predicted molar refractivity (Wildman–Crippen MR) is 58.3 cm³/mol. The lowest BCUT2D eigenvalue weighted by atomic mass is 10.1. The highest BCUT2D eigenvalue weighted by Crippen LogP contribution is 2.15. The van der Waals surface area contributed by atoms with Crippen molar-refractivity contribution in [3.8, 4) is 0 Å². The fourth-order valence-corrected chi connectivity index (χ4v) is 1.12. The lowest BCUT2D eigenvalue weighted by Gasteiger charge is -2.10. The average molecular weight is 241 g/mol. The average Bonchev–Trinajstić information content (AvgIpc) is 2.29. The highest BCUT2D eigenvalue weighted by molar-refractivity contribution is 5.99. The van der Waals surface area contributed by atoms with Crippen molar-refractivity contribution in [3.05, 3.63) is 29.6 Å². The maximum absolute atomic E-state index is 13.0. The Bertz CT molecular complexity index is 450. The van der Waals surface area contributed by atoms with Gasteiger partial charge in [0.15, 0.2) is 0 Å². The van der Waals surface area contributed by atoms with E-state index in [4.69, 9.17) is 16.6 Å². The molecule has 17 heavy (non-hydrogen) atoms. The summed E-state index contributed by atoms with van der Waals surface area (Å²) >= 11 is 0. The number of nitrogen functional groups attached to an aromatic ring is 1. The molecule has 0 radical (unpaired) electrons. The number of aliphatic hydroxyl groups is 1. The molecule has 1 unspecified atom stereocenters. The van der Waals surface area contributed by atoms with Crippen molar-refractivity contribution in [2.75, 3.05) is 12.3 Å². The number of primary amides is 1. The Morgan fingerprint density at radius 2 is 2.12 bits per heavy atom. The third-order valence-corrected chi connectivity index (χ3v) is 2.08. The molecule has 1 aromatic carbocycles. The van der Waals surface area contributed by atoms with E-state index in [-0.39, 0.29) is 17.8 Å². The third-order valence-electron chi connectivity index (χ3n) is 2.08. The zero-order chi connectivity index (χ0) is 13.0. The van der Waals surface area contributed by atoms with Crippen LogP contribution in [-0.4, -0.2) is 29.6 Å².